The molecule has 0 saturated carbocycles. The van der Waals surface area contributed by atoms with E-state index in [9.17, 15) is 0 Å². The van der Waals surface area contributed by atoms with Crippen molar-refractivity contribution in [3.05, 3.63) is 194 Å². The molecule has 3 aromatic heterocycles. The first-order chi connectivity index (χ1) is 27.8. The Labute approximate surface area is 322 Å². The minimum Gasteiger partial charge on any atom is -0.456 e. The van der Waals surface area contributed by atoms with Gasteiger partial charge < -0.3 is 8.98 Å². The topological polar surface area (TPSA) is 56.7 Å². The van der Waals surface area contributed by atoms with Crippen molar-refractivity contribution in [2.24, 2.45) is 0 Å². The molecular weight excluding hydrogens is 685 g/mol. The molecule has 0 atom stereocenters. The average Bonchev–Trinajstić information content (AvgIpc) is 3.83. The maximum absolute atomic E-state index is 6.46. The predicted octanol–water partition coefficient (Wildman–Crippen LogP) is 13.2. The van der Waals surface area contributed by atoms with Crippen LogP contribution in [0.3, 0.4) is 0 Å². The maximum atomic E-state index is 6.46. The molecule has 8 aromatic carbocycles. The van der Waals surface area contributed by atoms with Crippen molar-refractivity contribution in [3.8, 4) is 62.1 Å². The first-order valence-corrected chi connectivity index (χ1v) is 18.8. The number of para-hydroxylation sites is 2. The van der Waals surface area contributed by atoms with Crippen LogP contribution in [-0.2, 0) is 0 Å². The largest absolute Gasteiger partial charge is 0.456 e. The molecule has 3 heterocycles. The molecule has 11 rings (SSSR count). The fourth-order valence-electron chi connectivity index (χ4n) is 8.06. The van der Waals surface area contributed by atoms with Crippen molar-refractivity contribution < 1.29 is 4.42 Å². The fourth-order valence-corrected chi connectivity index (χ4v) is 8.06. The third-order valence-corrected chi connectivity index (χ3v) is 10.7. The first kappa shape index (κ1) is 31.9. The second-order valence-electron chi connectivity index (χ2n) is 14.0. The lowest BCUT2D eigenvalue weighted by atomic mass is 9.99. The Balaban J connectivity index is 1.15. The van der Waals surface area contributed by atoms with Crippen molar-refractivity contribution in [2.75, 3.05) is 0 Å². The SMILES string of the molecule is c1ccc(-c2ccc(-c3nc(-c4ccccc4)nc(-c4cccc5c6ccccc6n(-c6ccc7oc8cccc(-c9ccccc9)c8c7c6)c45)n3)cc2)cc1. The molecule has 0 aliphatic carbocycles. The van der Waals surface area contributed by atoms with E-state index in [0.29, 0.717) is 17.5 Å². The minimum atomic E-state index is 0.608. The van der Waals surface area contributed by atoms with Gasteiger partial charge in [-0.05, 0) is 58.7 Å². The van der Waals surface area contributed by atoms with Crippen LogP contribution in [0.2, 0.25) is 0 Å². The quantitative estimate of drug-likeness (QED) is 0.172. The van der Waals surface area contributed by atoms with E-state index in [-0.39, 0.29) is 0 Å². The van der Waals surface area contributed by atoms with Crippen molar-refractivity contribution in [3.63, 3.8) is 0 Å². The molecule has 56 heavy (non-hydrogen) atoms. The summed E-state index contributed by atoms with van der Waals surface area (Å²) in [5.74, 6) is 1.85. The number of fused-ring (bicyclic) bond motifs is 6. The van der Waals surface area contributed by atoms with E-state index in [0.717, 1.165) is 88.4 Å². The Morgan fingerprint density at radius 2 is 0.911 bits per heavy atom. The Bertz CT molecular complexity index is 3220. The van der Waals surface area contributed by atoms with Crippen LogP contribution >= 0.6 is 0 Å². The molecule has 0 saturated heterocycles. The molecule has 0 aliphatic rings. The van der Waals surface area contributed by atoms with Gasteiger partial charge in [0, 0.05) is 43.9 Å². The molecule has 11 aromatic rings. The summed E-state index contributed by atoms with van der Waals surface area (Å²) in [6.45, 7) is 0. The van der Waals surface area contributed by atoms with Crippen LogP contribution in [0, 0.1) is 0 Å². The summed E-state index contributed by atoms with van der Waals surface area (Å²) >= 11 is 0. The second kappa shape index (κ2) is 13.0. The maximum Gasteiger partial charge on any atom is 0.166 e. The third kappa shape index (κ3) is 5.29. The van der Waals surface area contributed by atoms with Gasteiger partial charge in [0.1, 0.15) is 11.2 Å². The molecule has 5 heteroatoms. The molecule has 0 N–H and O–H groups in total. The van der Waals surface area contributed by atoms with Crippen molar-refractivity contribution in [1.82, 2.24) is 19.5 Å². The highest BCUT2D eigenvalue weighted by molar-refractivity contribution is 6.15. The molecule has 0 bridgehead atoms. The minimum absolute atomic E-state index is 0.608. The molecule has 0 amide bonds. The molecule has 5 nitrogen and oxygen atoms in total. The van der Waals surface area contributed by atoms with Crippen LogP contribution in [0.4, 0.5) is 0 Å². The van der Waals surface area contributed by atoms with Crippen molar-refractivity contribution >= 4 is 43.7 Å². The number of rotatable bonds is 6. The Hall–Kier alpha value is -7.63. The molecule has 0 radical (unpaired) electrons. The highest BCUT2D eigenvalue weighted by Gasteiger charge is 2.21. The van der Waals surface area contributed by atoms with E-state index in [2.05, 4.69) is 162 Å². The number of aromatic nitrogens is 4. The molecule has 0 fully saturated rings. The summed E-state index contributed by atoms with van der Waals surface area (Å²) in [6, 6.07) is 67.4. The number of hydrogen-bond donors (Lipinski definition) is 0. The smallest absolute Gasteiger partial charge is 0.166 e. The van der Waals surface area contributed by atoms with Crippen molar-refractivity contribution in [1.29, 1.82) is 0 Å². The van der Waals surface area contributed by atoms with E-state index in [1.54, 1.807) is 0 Å². The molecule has 262 valence electrons. The van der Waals surface area contributed by atoms with E-state index < -0.39 is 0 Å². The lowest BCUT2D eigenvalue weighted by Gasteiger charge is -2.13. The lowest BCUT2D eigenvalue weighted by Crippen LogP contribution is -2.02. The highest BCUT2D eigenvalue weighted by Crippen LogP contribution is 2.41. The third-order valence-electron chi connectivity index (χ3n) is 10.7. The Morgan fingerprint density at radius 1 is 0.357 bits per heavy atom. The fraction of sp³-hybridized carbons (Fsp3) is 0. The van der Waals surface area contributed by atoms with Crippen LogP contribution < -0.4 is 0 Å². The number of hydrogen-bond acceptors (Lipinski definition) is 4. The average molecular weight is 717 g/mol. The van der Waals surface area contributed by atoms with Gasteiger partial charge in [-0.3, -0.25) is 0 Å². The highest BCUT2D eigenvalue weighted by atomic mass is 16.3. The molecular formula is C51H32N4O. The van der Waals surface area contributed by atoms with Gasteiger partial charge in [0.15, 0.2) is 17.5 Å². The van der Waals surface area contributed by atoms with Crippen LogP contribution in [0.5, 0.6) is 0 Å². The monoisotopic (exact) mass is 716 g/mol. The van der Waals surface area contributed by atoms with Gasteiger partial charge >= 0.3 is 0 Å². The number of benzene rings is 8. The van der Waals surface area contributed by atoms with Gasteiger partial charge in [0.2, 0.25) is 0 Å². The van der Waals surface area contributed by atoms with Gasteiger partial charge in [-0.1, -0.05) is 158 Å². The van der Waals surface area contributed by atoms with Crippen LogP contribution in [0.15, 0.2) is 199 Å². The van der Waals surface area contributed by atoms with E-state index in [1.807, 2.05) is 36.4 Å². The van der Waals surface area contributed by atoms with Gasteiger partial charge in [-0.25, -0.2) is 15.0 Å². The van der Waals surface area contributed by atoms with Crippen molar-refractivity contribution in [2.45, 2.75) is 0 Å². The predicted molar refractivity (Wildman–Crippen MR) is 229 cm³/mol. The van der Waals surface area contributed by atoms with E-state index in [4.69, 9.17) is 19.4 Å². The second-order valence-corrected chi connectivity index (χ2v) is 14.0. The van der Waals surface area contributed by atoms with Gasteiger partial charge in [-0.2, -0.15) is 0 Å². The summed E-state index contributed by atoms with van der Waals surface area (Å²) in [6.07, 6.45) is 0. The Kier molecular flexibility index (Phi) is 7.42. The molecule has 0 unspecified atom stereocenters. The number of furan rings is 1. The zero-order valence-corrected chi connectivity index (χ0v) is 30.2. The molecule has 0 aliphatic heterocycles. The van der Waals surface area contributed by atoms with Crippen LogP contribution in [0.25, 0.3) is 106 Å². The van der Waals surface area contributed by atoms with E-state index >= 15 is 0 Å². The summed E-state index contributed by atoms with van der Waals surface area (Å²) < 4.78 is 8.81. The Morgan fingerprint density at radius 3 is 1.66 bits per heavy atom. The van der Waals surface area contributed by atoms with Gasteiger partial charge in [0.05, 0.1) is 11.0 Å². The normalized spacial score (nSPS) is 11.6. The summed E-state index contributed by atoms with van der Waals surface area (Å²) in [4.78, 5) is 15.5. The lowest BCUT2D eigenvalue weighted by molar-refractivity contribution is 0.669. The van der Waals surface area contributed by atoms with Crippen LogP contribution in [0.1, 0.15) is 0 Å². The standard InChI is InChI=1S/C51H32N4O/c1-4-14-33(15-5-1)34-26-28-37(29-27-34)50-52-49(36-18-8-3-9-19-36)53-51(54-50)42-23-12-22-41-40-20-10-11-24-44(40)55(48(41)42)38-30-31-45-43(32-38)47-39(21-13-25-46(47)56-45)35-16-6-2-7-17-35/h1-32H. The zero-order valence-electron chi connectivity index (χ0n) is 30.2. The zero-order chi connectivity index (χ0) is 37.0. The number of nitrogens with zero attached hydrogens (tertiary/aromatic N) is 4. The molecule has 0 spiro atoms. The first-order valence-electron chi connectivity index (χ1n) is 18.8. The van der Waals surface area contributed by atoms with Crippen LogP contribution in [-0.4, -0.2) is 19.5 Å². The summed E-state index contributed by atoms with van der Waals surface area (Å²) in [7, 11) is 0. The summed E-state index contributed by atoms with van der Waals surface area (Å²) in [5.41, 5.74) is 12.2. The van der Waals surface area contributed by atoms with E-state index in [1.165, 1.54) is 0 Å². The van der Waals surface area contributed by atoms with Gasteiger partial charge in [-0.15, -0.1) is 0 Å². The van der Waals surface area contributed by atoms with Gasteiger partial charge in [0.25, 0.3) is 0 Å². The summed E-state index contributed by atoms with van der Waals surface area (Å²) in [5, 5.41) is 4.44.